The number of amides is 1. The number of carbonyl (C=O) groups is 1. The van der Waals surface area contributed by atoms with Gasteiger partial charge in [-0.05, 0) is 51.1 Å². The first-order valence-corrected chi connectivity index (χ1v) is 8.30. The molecule has 2 rings (SSSR count). The zero-order valence-corrected chi connectivity index (χ0v) is 13.1. The molecule has 0 aromatic heterocycles. The van der Waals surface area contributed by atoms with Crippen molar-refractivity contribution in [2.45, 2.75) is 64.5 Å². The highest BCUT2D eigenvalue weighted by Crippen LogP contribution is 2.18. The normalized spacial score (nSPS) is 25.9. The van der Waals surface area contributed by atoms with E-state index in [0.29, 0.717) is 12.0 Å². The van der Waals surface area contributed by atoms with E-state index in [4.69, 9.17) is 4.74 Å². The lowest BCUT2D eigenvalue weighted by atomic mass is 9.99. The van der Waals surface area contributed by atoms with Gasteiger partial charge in [0.05, 0.1) is 0 Å². The largest absolute Gasteiger partial charge is 0.368 e. The second-order valence-corrected chi connectivity index (χ2v) is 6.63. The standard InChI is InChI=1S/C16H30N2O2/c1-13(2)11-14(18-8-4-3-5-9-18)12-17-16(19)15-7-6-10-20-15/h13-15H,3-12H2,1-2H3,(H,17,19). The number of ether oxygens (including phenoxy) is 1. The molecule has 0 saturated carbocycles. The van der Waals surface area contributed by atoms with Crippen molar-refractivity contribution in [3.63, 3.8) is 0 Å². The van der Waals surface area contributed by atoms with Crippen molar-refractivity contribution in [1.29, 1.82) is 0 Å². The highest BCUT2D eigenvalue weighted by molar-refractivity contribution is 5.80. The van der Waals surface area contributed by atoms with E-state index in [9.17, 15) is 4.79 Å². The fourth-order valence-corrected chi connectivity index (χ4v) is 3.31. The van der Waals surface area contributed by atoms with Crippen LogP contribution in [0.5, 0.6) is 0 Å². The van der Waals surface area contributed by atoms with Crippen molar-refractivity contribution in [2.75, 3.05) is 26.2 Å². The van der Waals surface area contributed by atoms with Crippen molar-refractivity contribution in [1.82, 2.24) is 10.2 Å². The maximum atomic E-state index is 12.1. The predicted octanol–water partition coefficient (Wildman–Crippen LogP) is 2.18. The van der Waals surface area contributed by atoms with E-state index < -0.39 is 0 Å². The molecule has 1 N–H and O–H groups in total. The van der Waals surface area contributed by atoms with Crippen molar-refractivity contribution in [2.24, 2.45) is 5.92 Å². The van der Waals surface area contributed by atoms with E-state index in [1.165, 1.54) is 32.4 Å². The number of carbonyl (C=O) groups excluding carboxylic acids is 1. The van der Waals surface area contributed by atoms with Crippen LogP contribution in [0.1, 0.15) is 52.4 Å². The molecule has 2 aliphatic heterocycles. The van der Waals surface area contributed by atoms with Crippen LogP contribution in [0.3, 0.4) is 0 Å². The van der Waals surface area contributed by atoms with Crippen LogP contribution in [0.4, 0.5) is 0 Å². The molecule has 4 nitrogen and oxygen atoms in total. The summed E-state index contributed by atoms with van der Waals surface area (Å²) in [6, 6.07) is 0.487. The molecule has 0 aromatic carbocycles. The minimum Gasteiger partial charge on any atom is -0.368 e. The zero-order chi connectivity index (χ0) is 14.4. The van der Waals surface area contributed by atoms with Gasteiger partial charge in [-0.1, -0.05) is 20.3 Å². The number of hydrogen-bond acceptors (Lipinski definition) is 3. The molecule has 116 valence electrons. The first-order valence-electron chi connectivity index (χ1n) is 8.30. The Kier molecular flexibility index (Phi) is 6.30. The van der Waals surface area contributed by atoms with E-state index in [0.717, 1.165) is 32.4 Å². The van der Waals surface area contributed by atoms with E-state index >= 15 is 0 Å². The van der Waals surface area contributed by atoms with Gasteiger partial charge in [-0.15, -0.1) is 0 Å². The third-order valence-electron chi connectivity index (χ3n) is 4.38. The number of nitrogens with one attached hydrogen (secondary N) is 1. The molecular formula is C16H30N2O2. The van der Waals surface area contributed by atoms with Gasteiger partial charge >= 0.3 is 0 Å². The lowest BCUT2D eigenvalue weighted by molar-refractivity contribution is -0.130. The van der Waals surface area contributed by atoms with Gasteiger partial charge in [-0.25, -0.2) is 0 Å². The van der Waals surface area contributed by atoms with Crippen molar-refractivity contribution < 1.29 is 9.53 Å². The molecule has 2 unspecified atom stereocenters. The van der Waals surface area contributed by atoms with Crippen LogP contribution >= 0.6 is 0 Å². The highest BCUT2D eigenvalue weighted by Gasteiger charge is 2.26. The monoisotopic (exact) mass is 282 g/mol. The summed E-state index contributed by atoms with van der Waals surface area (Å²) in [6.45, 7) is 8.41. The maximum Gasteiger partial charge on any atom is 0.249 e. The summed E-state index contributed by atoms with van der Waals surface area (Å²) in [5, 5.41) is 3.12. The van der Waals surface area contributed by atoms with Crippen LogP contribution in [-0.4, -0.2) is 49.2 Å². The zero-order valence-electron chi connectivity index (χ0n) is 13.1. The van der Waals surface area contributed by atoms with E-state index in [2.05, 4.69) is 24.1 Å². The average molecular weight is 282 g/mol. The molecule has 2 atom stereocenters. The number of piperidine rings is 1. The molecular weight excluding hydrogens is 252 g/mol. The number of rotatable bonds is 6. The fourth-order valence-electron chi connectivity index (χ4n) is 3.31. The van der Waals surface area contributed by atoms with Gasteiger partial charge in [-0.3, -0.25) is 9.69 Å². The molecule has 0 spiro atoms. The smallest absolute Gasteiger partial charge is 0.249 e. The maximum absolute atomic E-state index is 12.1. The summed E-state index contributed by atoms with van der Waals surface area (Å²) in [4.78, 5) is 14.6. The molecule has 0 aromatic rings. The van der Waals surface area contributed by atoms with Gasteiger partial charge in [0.25, 0.3) is 0 Å². The predicted molar refractivity (Wildman–Crippen MR) is 80.7 cm³/mol. The molecule has 0 aliphatic carbocycles. The Balaban J connectivity index is 1.81. The molecule has 4 heteroatoms. The Morgan fingerprint density at radius 3 is 2.60 bits per heavy atom. The van der Waals surface area contributed by atoms with Crippen LogP contribution < -0.4 is 5.32 Å². The van der Waals surface area contributed by atoms with Gasteiger partial charge in [0, 0.05) is 19.2 Å². The van der Waals surface area contributed by atoms with Gasteiger partial charge in [0.15, 0.2) is 0 Å². The Bertz CT molecular complexity index is 295. The van der Waals surface area contributed by atoms with Crippen LogP contribution in [0.2, 0.25) is 0 Å². The SMILES string of the molecule is CC(C)CC(CNC(=O)C1CCCO1)N1CCCCC1. The van der Waals surface area contributed by atoms with Gasteiger partial charge in [-0.2, -0.15) is 0 Å². The summed E-state index contributed by atoms with van der Waals surface area (Å²) in [5.41, 5.74) is 0. The molecule has 0 radical (unpaired) electrons. The summed E-state index contributed by atoms with van der Waals surface area (Å²) in [5.74, 6) is 0.759. The molecule has 2 aliphatic rings. The summed E-state index contributed by atoms with van der Waals surface area (Å²) in [6.07, 6.45) is 6.81. The lowest BCUT2D eigenvalue weighted by Gasteiger charge is -2.35. The van der Waals surface area contributed by atoms with Gasteiger partial charge < -0.3 is 10.1 Å². The number of likely N-dealkylation sites (tertiary alicyclic amines) is 1. The van der Waals surface area contributed by atoms with Crippen LogP contribution in [-0.2, 0) is 9.53 Å². The summed E-state index contributed by atoms with van der Waals surface area (Å²) >= 11 is 0. The Labute approximate surface area is 123 Å². The lowest BCUT2D eigenvalue weighted by Crippen LogP contribution is -2.48. The Morgan fingerprint density at radius 1 is 1.25 bits per heavy atom. The quantitative estimate of drug-likeness (QED) is 0.812. The van der Waals surface area contributed by atoms with E-state index in [-0.39, 0.29) is 12.0 Å². The molecule has 2 saturated heterocycles. The minimum absolute atomic E-state index is 0.0910. The highest BCUT2D eigenvalue weighted by atomic mass is 16.5. The molecule has 1 amide bonds. The van der Waals surface area contributed by atoms with Crippen molar-refractivity contribution >= 4 is 5.91 Å². The summed E-state index contributed by atoms with van der Waals surface area (Å²) in [7, 11) is 0. The average Bonchev–Trinajstić information content (AvgIpc) is 2.98. The van der Waals surface area contributed by atoms with Gasteiger partial charge in [0.2, 0.25) is 5.91 Å². The van der Waals surface area contributed by atoms with Gasteiger partial charge in [0.1, 0.15) is 6.10 Å². The fraction of sp³-hybridized carbons (Fsp3) is 0.938. The molecule has 2 heterocycles. The van der Waals surface area contributed by atoms with E-state index in [1.807, 2.05) is 0 Å². The topological polar surface area (TPSA) is 41.6 Å². The van der Waals surface area contributed by atoms with Crippen molar-refractivity contribution in [3.8, 4) is 0 Å². The first kappa shape index (κ1) is 15.8. The third-order valence-corrected chi connectivity index (χ3v) is 4.38. The molecule has 0 bridgehead atoms. The second-order valence-electron chi connectivity index (χ2n) is 6.63. The molecule has 20 heavy (non-hydrogen) atoms. The Hall–Kier alpha value is -0.610. The van der Waals surface area contributed by atoms with Crippen LogP contribution in [0, 0.1) is 5.92 Å². The second kappa shape index (κ2) is 7.99. The first-order chi connectivity index (χ1) is 9.66. The molecule has 2 fully saturated rings. The van der Waals surface area contributed by atoms with Crippen LogP contribution in [0.25, 0.3) is 0 Å². The van der Waals surface area contributed by atoms with Crippen LogP contribution in [0.15, 0.2) is 0 Å². The third kappa shape index (κ3) is 4.74. The summed E-state index contributed by atoms with van der Waals surface area (Å²) < 4.78 is 5.45. The minimum atomic E-state index is -0.198. The number of hydrogen-bond donors (Lipinski definition) is 1. The van der Waals surface area contributed by atoms with Crippen molar-refractivity contribution in [3.05, 3.63) is 0 Å². The number of nitrogens with zero attached hydrogens (tertiary/aromatic N) is 1. The van der Waals surface area contributed by atoms with E-state index in [1.54, 1.807) is 0 Å². The Morgan fingerprint density at radius 2 is 2.00 bits per heavy atom.